The molecular formula is C19H23ClN2. The maximum absolute atomic E-state index is 6.47. The molecule has 0 aliphatic carbocycles. The zero-order chi connectivity index (χ0) is 15.3. The van der Waals surface area contributed by atoms with Gasteiger partial charge in [0.15, 0.2) is 0 Å². The van der Waals surface area contributed by atoms with Crippen molar-refractivity contribution < 1.29 is 0 Å². The minimum Gasteiger partial charge on any atom is -0.314 e. The van der Waals surface area contributed by atoms with Gasteiger partial charge in [-0.2, -0.15) is 0 Å². The maximum Gasteiger partial charge on any atom is 0.0513 e. The predicted octanol–water partition coefficient (Wildman–Crippen LogP) is 3.31. The molecule has 1 saturated heterocycles. The number of halogens is 1. The number of nitrogens with one attached hydrogen (secondary N) is 1. The molecule has 1 fully saturated rings. The first-order chi connectivity index (χ1) is 10.8. The summed E-state index contributed by atoms with van der Waals surface area (Å²) >= 11 is 6.47. The van der Waals surface area contributed by atoms with Crippen LogP contribution < -0.4 is 5.32 Å². The van der Waals surface area contributed by atoms with Crippen molar-refractivity contribution in [1.29, 1.82) is 0 Å². The largest absolute Gasteiger partial charge is 0.314 e. The second-order valence-corrected chi connectivity index (χ2v) is 6.37. The van der Waals surface area contributed by atoms with Gasteiger partial charge in [-0.3, -0.25) is 4.90 Å². The van der Waals surface area contributed by atoms with E-state index >= 15 is 0 Å². The molecule has 2 aromatic rings. The molecule has 22 heavy (non-hydrogen) atoms. The smallest absolute Gasteiger partial charge is 0.0513 e. The van der Waals surface area contributed by atoms with E-state index in [1.807, 2.05) is 0 Å². The molecule has 116 valence electrons. The molecule has 1 heterocycles. The van der Waals surface area contributed by atoms with E-state index in [4.69, 9.17) is 11.6 Å². The topological polar surface area (TPSA) is 15.3 Å². The summed E-state index contributed by atoms with van der Waals surface area (Å²) in [6.07, 6.45) is 0.983. The molecule has 0 spiro atoms. The number of nitrogens with zero attached hydrogens (tertiary/aromatic N) is 1. The first-order valence-corrected chi connectivity index (χ1v) is 8.45. The minimum absolute atomic E-state index is 0.0169. The van der Waals surface area contributed by atoms with Gasteiger partial charge in [0.2, 0.25) is 0 Å². The van der Waals surface area contributed by atoms with Gasteiger partial charge in [0.25, 0.3) is 0 Å². The van der Waals surface area contributed by atoms with Crippen molar-refractivity contribution in [3.63, 3.8) is 0 Å². The predicted molar refractivity (Wildman–Crippen MR) is 93.3 cm³/mol. The number of alkyl halides is 1. The highest BCUT2D eigenvalue weighted by atomic mass is 35.5. The van der Waals surface area contributed by atoms with E-state index in [9.17, 15) is 0 Å². The van der Waals surface area contributed by atoms with Crippen LogP contribution in [0, 0.1) is 0 Å². The van der Waals surface area contributed by atoms with Crippen LogP contribution in [0.3, 0.4) is 0 Å². The van der Waals surface area contributed by atoms with Crippen LogP contribution in [0.1, 0.15) is 11.1 Å². The molecule has 2 aromatic carbocycles. The molecule has 1 unspecified atom stereocenters. The van der Waals surface area contributed by atoms with Crippen LogP contribution >= 0.6 is 11.6 Å². The van der Waals surface area contributed by atoms with Gasteiger partial charge >= 0.3 is 0 Å². The number of piperazine rings is 1. The van der Waals surface area contributed by atoms with Crippen LogP contribution in [0.15, 0.2) is 60.7 Å². The normalized spacial score (nSPS) is 22.6. The quantitative estimate of drug-likeness (QED) is 0.852. The zero-order valence-electron chi connectivity index (χ0n) is 12.8. The average molecular weight is 315 g/mol. The molecule has 0 bridgehead atoms. The van der Waals surface area contributed by atoms with Crippen molar-refractivity contribution >= 4 is 11.6 Å². The molecular weight excluding hydrogens is 292 g/mol. The fourth-order valence-electron chi connectivity index (χ4n) is 3.26. The molecule has 1 aliphatic heterocycles. The highest BCUT2D eigenvalue weighted by Crippen LogP contribution is 2.26. The summed E-state index contributed by atoms with van der Waals surface area (Å²) < 4.78 is 0. The fraction of sp³-hybridized carbons (Fsp3) is 0.368. The molecule has 1 aliphatic rings. The van der Waals surface area contributed by atoms with Gasteiger partial charge in [-0.15, -0.1) is 11.6 Å². The first kappa shape index (κ1) is 15.5. The Morgan fingerprint density at radius 3 is 2.23 bits per heavy atom. The van der Waals surface area contributed by atoms with E-state index < -0.39 is 0 Å². The highest BCUT2D eigenvalue weighted by Gasteiger charge is 2.38. The van der Waals surface area contributed by atoms with Crippen molar-refractivity contribution in [2.75, 3.05) is 25.5 Å². The lowest BCUT2D eigenvalue weighted by Gasteiger charge is -2.47. The maximum atomic E-state index is 6.47. The molecule has 0 aromatic heterocycles. The van der Waals surface area contributed by atoms with Gasteiger partial charge in [0.1, 0.15) is 0 Å². The summed E-state index contributed by atoms with van der Waals surface area (Å²) in [6.45, 7) is 3.97. The van der Waals surface area contributed by atoms with Crippen molar-refractivity contribution in [2.24, 2.45) is 0 Å². The van der Waals surface area contributed by atoms with E-state index in [1.54, 1.807) is 0 Å². The van der Waals surface area contributed by atoms with Crippen LogP contribution in [0.4, 0.5) is 0 Å². The van der Waals surface area contributed by atoms with Gasteiger partial charge in [-0.1, -0.05) is 60.7 Å². The van der Waals surface area contributed by atoms with E-state index in [0.717, 1.165) is 32.6 Å². The van der Waals surface area contributed by atoms with Gasteiger partial charge in [-0.25, -0.2) is 0 Å². The van der Waals surface area contributed by atoms with E-state index in [-0.39, 0.29) is 5.54 Å². The van der Waals surface area contributed by atoms with Crippen molar-refractivity contribution in [1.82, 2.24) is 10.2 Å². The monoisotopic (exact) mass is 314 g/mol. The van der Waals surface area contributed by atoms with Crippen molar-refractivity contribution in [2.45, 2.75) is 18.5 Å². The number of rotatable bonds is 5. The van der Waals surface area contributed by atoms with Crippen molar-refractivity contribution in [3.05, 3.63) is 71.8 Å². The fourth-order valence-corrected chi connectivity index (χ4v) is 3.62. The summed E-state index contributed by atoms with van der Waals surface area (Å²) in [5.41, 5.74) is 2.69. The van der Waals surface area contributed by atoms with Gasteiger partial charge in [0, 0.05) is 32.1 Å². The van der Waals surface area contributed by atoms with Gasteiger partial charge < -0.3 is 5.32 Å². The van der Waals surface area contributed by atoms with Crippen LogP contribution in [-0.4, -0.2) is 36.0 Å². The van der Waals surface area contributed by atoms with Gasteiger partial charge in [-0.05, 0) is 17.5 Å². The lowest BCUT2D eigenvalue weighted by atomic mass is 9.88. The van der Waals surface area contributed by atoms with E-state index in [0.29, 0.717) is 5.88 Å². The summed E-state index contributed by atoms with van der Waals surface area (Å²) in [5, 5.41) is 3.54. The third kappa shape index (κ3) is 3.52. The molecule has 0 radical (unpaired) electrons. The second-order valence-electron chi connectivity index (χ2n) is 6.10. The first-order valence-electron chi connectivity index (χ1n) is 7.92. The van der Waals surface area contributed by atoms with Crippen molar-refractivity contribution in [3.8, 4) is 0 Å². The SMILES string of the molecule is ClCC1(Cc2ccccc2)CNCCN1Cc1ccccc1. The minimum atomic E-state index is -0.0169. The Labute approximate surface area is 138 Å². The molecule has 3 rings (SSSR count). The summed E-state index contributed by atoms with van der Waals surface area (Å²) in [4.78, 5) is 2.55. The molecule has 0 saturated carbocycles. The van der Waals surface area contributed by atoms with Gasteiger partial charge in [0.05, 0.1) is 5.54 Å². The average Bonchev–Trinajstić information content (AvgIpc) is 2.58. The Hall–Kier alpha value is -1.35. The Morgan fingerprint density at radius 2 is 1.59 bits per heavy atom. The van der Waals surface area contributed by atoms with E-state index in [2.05, 4.69) is 70.9 Å². The lowest BCUT2D eigenvalue weighted by molar-refractivity contribution is 0.0700. The van der Waals surface area contributed by atoms with Crippen LogP contribution in [0.5, 0.6) is 0 Å². The third-order valence-corrected chi connectivity index (χ3v) is 5.02. The molecule has 3 heteroatoms. The Kier molecular flexibility index (Phi) is 5.14. The zero-order valence-corrected chi connectivity index (χ0v) is 13.6. The standard InChI is InChI=1S/C19H23ClN2/c20-15-19(13-17-7-3-1-4-8-17)16-21-11-12-22(19)14-18-9-5-2-6-10-18/h1-10,21H,11-16H2. The molecule has 1 N–H and O–H groups in total. The van der Waals surface area contributed by atoms with Crippen LogP contribution in [-0.2, 0) is 13.0 Å². The summed E-state index contributed by atoms with van der Waals surface area (Å²) in [7, 11) is 0. The number of hydrogen-bond donors (Lipinski definition) is 1. The third-order valence-electron chi connectivity index (χ3n) is 4.52. The highest BCUT2D eigenvalue weighted by molar-refractivity contribution is 6.18. The molecule has 2 nitrogen and oxygen atoms in total. The Bertz CT molecular complexity index is 573. The summed E-state index contributed by atoms with van der Waals surface area (Å²) in [6, 6.07) is 21.4. The Balaban J connectivity index is 1.82. The molecule has 1 atom stereocenters. The molecule has 0 amide bonds. The number of hydrogen-bond acceptors (Lipinski definition) is 2. The van der Waals surface area contributed by atoms with Crippen LogP contribution in [0.2, 0.25) is 0 Å². The second kappa shape index (κ2) is 7.28. The lowest BCUT2D eigenvalue weighted by Crippen LogP contribution is -2.63. The Morgan fingerprint density at radius 1 is 0.955 bits per heavy atom. The van der Waals surface area contributed by atoms with E-state index in [1.165, 1.54) is 11.1 Å². The summed E-state index contributed by atoms with van der Waals surface area (Å²) in [5.74, 6) is 0.641. The number of benzene rings is 2. The van der Waals surface area contributed by atoms with Crippen LogP contribution in [0.25, 0.3) is 0 Å².